The van der Waals surface area contributed by atoms with Gasteiger partial charge in [0.15, 0.2) is 5.78 Å². The van der Waals surface area contributed by atoms with E-state index in [9.17, 15) is 4.79 Å². The molecular formula is C13H15NO2. The van der Waals surface area contributed by atoms with Crippen LogP contribution in [0.5, 0.6) is 5.75 Å². The Morgan fingerprint density at radius 3 is 2.44 bits per heavy atom. The van der Waals surface area contributed by atoms with Crippen LogP contribution in [-0.2, 0) is 4.79 Å². The van der Waals surface area contributed by atoms with E-state index in [1.807, 2.05) is 32.0 Å². The van der Waals surface area contributed by atoms with Crippen LogP contribution < -0.4 is 4.74 Å². The number of nitriles is 1. The molecule has 3 nitrogen and oxygen atoms in total. The molecular weight excluding hydrogens is 202 g/mol. The molecule has 0 aliphatic rings. The van der Waals surface area contributed by atoms with Crippen LogP contribution in [0.15, 0.2) is 12.1 Å². The van der Waals surface area contributed by atoms with E-state index in [0.717, 1.165) is 22.4 Å². The lowest BCUT2D eigenvalue weighted by atomic mass is 9.91. The third kappa shape index (κ3) is 2.22. The molecule has 0 spiro atoms. The van der Waals surface area contributed by atoms with Gasteiger partial charge in [0.05, 0.1) is 13.2 Å². The van der Waals surface area contributed by atoms with Gasteiger partial charge < -0.3 is 4.74 Å². The molecule has 84 valence electrons. The van der Waals surface area contributed by atoms with Gasteiger partial charge in [-0.05, 0) is 43.5 Å². The number of aryl methyl sites for hydroxylation is 2. The maximum atomic E-state index is 11.3. The first kappa shape index (κ1) is 12.3. The number of hydrogen-bond donors (Lipinski definition) is 0. The zero-order valence-corrected chi connectivity index (χ0v) is 10.00. The van der Waals surface area contributed by atoms with Gasteiger partial charge in [-0.25, -0.2) is 0 Å². The maximum absolute atomic E-state index is 11.3. The van der Waals surface area contributed by atoms with E-state index >= 15 is 0 Å². The molecule has 0 unspecified atom stereocenters. The fraction of sp³-hybridized carbons (Fsp3) is 0.385. The van der Waals surface area contributed by atoms with Crippen LogP contribution in [0.4, 0.5) is 0 Å². The predicted molar refractivity (Wildman–Crippen MR) is 61.5 cm³/mol. The Hall–Kier alpha value is -1.82. The second-order valence-electron chi connectivity index (χ2n) is 3.85. The minimum Gasteiger partial charge on any atom is -0.496 e. The highest BCUT2D eigenvalue weighted by Crippen LogP contribution is 2.27. The van der Waals surface area contributed by atoms with Crippen molar-refractivity contribution in [3.05, 3.63) is 28.8 Å². The molecule has 0 N–H and O–H groups in total. The lowest BCUT2D eigenvalue weighted by molar-refractivity contribution is -0.117. The van der Waals surface area contributed by atoms with Crippen molar-refractivity contribution >= 4 is 5.78 Å². The third-order valence-electron chi connectivity index (χ3n) is 2.63. The largest absolute Gasteiger partial charge is 0.496 e. The minimum absolute atomic E-state index is 0.129. The molecule has 16 heavy (non-hydrogen) atoms. The average Bonchev–Trinajstić information content (AvgIpc) is 2.23. The third-order valence-corrected chi connectivity index (χ3v) is 2.63. The molecule has 1 rings (SSSR count). The SMILES string of the molecule is COc1cc(C)c([C@H](C#N)C(C)=O)cc1C. The van der Waals surface area contributed by atoms with Crippen molar-refractivity contribution in [2.24, 2.45) is 0 Å². The Bertz CT molecular complexity index is 458. The van der Waals surface area contributed by atoms with Gasteiger partial charge in [0.25, 0.3) is 0 Å². The number of nitrogens with zero attached hydrogens (tertiary/aromatic N) is 1. The van der Waals surface area contributed by atoms with Gasteiger partial charge in [-0.3, -0.25) is 4.79 Å². The van der Waals surface area contributed by atoms with Crippen LogP contribution in [0.25, 0.3) is 0 Å². The van der Waals surface area contributed by atoms with Crippen LogP contribution in [0.2, 0.25) is 0 Å². The number of rotatable bonds is 3. The van der Waals surface area contributed by atoms with Gasteiger partial charge in [0, 0.05) is 0 Å². The fourth-order valence-electron chi connectivity index (χ4n) is 1.72. The summed E-state index contributed by atoms with van der Waals surface area (Å²) in [6, 6.07) is 5.74. The molecule has 3 heteroatoms. The van der Waals surface area contributed by atoms with Crippen molar-refractivity contribution in [1.82, 2.24) is 0 Å². The first-order chi connectivity index (χ1) is 7.51. The van der Waals surface area contributed by atoms with Gasteiger partial charge in [-0.1, -0.05) is 6.07 Å². The summed E-state index contributed by atoms with van der Waals surface area (Å²) in [7, 11) is 1.61. The van der Waals surface area contributed by atoms with E-state index in [4.69, 9.17) is 10.00 Å². The molecule has 0 aliphatic carbocycles. The Morgan fingerprint density at radius 2 is 2.00 bits per heavy atom. The second-order valence-corrected chi connectivity index (χ2v) is 3.85. The van der Waals surface area contributed by atoms with Crippen LogP contribution in [-0.4, -0.2) is 12.9 Å². The average molecular weight is 217 g/mol. The van der Waals surface area contributed by atoms with E-state index in [1.165, 1.54) is 6.92 Å². The smallest absolute Gasteiger partial charge is 0.151 e. The van der Waals surface area contributed by atoms with Crippen molar-refractivity contribution in [3.8, 4) is 11.8 Å². The number of Topliss-reactive ketones (excluding diaryl/α,β-unsaturated/α-hetero) is 1. The molecule has 0 fully saturated rings. The molecule has 0 aliphatic heterocycles. The Morgan fingerprint density at radius 1 is 1.38 bits per heavy atom. The summed E-state index contributed by atoms with van der Waals surface area (Å²) in [5.41, 5.74) is 2.61. The normalized spacial score (nSPS) is 11.7. The fourth-order valence-corrected chi connectivity index (χ4v) is 1.72. The van der Waals surface area contributed by atoms with Crippen LogP contribution in [0, 0.1) is 25.2 Å². The van der Waals surface area contributed by atoms with Crippen molar-refractivity contribution in [2.75, 3.05) is 7.11 Å². The van der Waals surface area contributed by atoms with Crippen molar-refractivity contribution in [2.45, 2.75) is 26.7 Å². The Kier molecular flexibility index (Phi) is 3.68. The van der Waals surface area contributed by atoms with E-state index in [2.05, 4.69) is 0 Å². The number of benzene rings is 1. The second kappa shape index (κ2) is 4.80. The predicted octanol–water partition coefficient (Wildman–Crippen LogP) is 2.51. The van der Waals surface area contributed by atoms with Crippen LogP contribution in [0.3, 0.4) is 0 Å². The first-order valence-electron chi connectivity index (χ1n) is 5.06. The summed E-state index contributed by atoms with van der Waals surface area (Å²) in [5, 5.41) is 8.99. The number of hydrogen-bond acceptors (Lipinski definition) is 3. The van der Waals surface area contributed by atoms with Gasteiger partial charge in [-0.2, -0.15) is 5.26 Å². The van der Waals surface area contributed by atoms with Gasteiger partial charge in [0.1, 0.15) is 11.7 Å². The standard InChI is InChI=1S/C13H15NO2/c1-8-6-13(16-4)9(2)5-11(8)12(7-14)10(3)15/h5-6,12H,1-4H3/t12-/m1/s1. The monoisotopic (exact) mass is 217 g/mol. The lowest BCUT2D eigenvalue weighted by Crippen LogP contribution is -2.08. The summed E-state index contributed by atoms with van der Waals surface area (Å²) < 4.78 is 5.19. The topological polar surface area (TPSA) is 50.1 Å². The quantitative estimate of drug-likeness (QED) is 0.781. The van der Waals surface area contributed by atoms with Gasteiger partial charge in [-0.15, -0.1) is 0 Å². The van der Waals surface area contributed by atoms with E-state index in [-0.39, 0.29) is 5.78 Å². The van der Waals surface area contributed by atoms with Gasteiger partial charge in [0.2, 0.25) is 0 Å². The maximum Gasteiger partial charge on any atom is 0.151 e. The van der Waals surface area contributed by atoms with E-state index in [1.54, 1.807) is 7.11 Å². The number of ether oxygens (including phenoxy) is 1. The molecule has 0 heterocycles. The first-order valence-corrected chi connectivity index (χ1v) is 5.06. The summed E-state index contributed by atoms with van der Waals surface area (Å²) in [6.45, 7) is 5.22. The number of carbonyl (C=O) groups is 1. The molecule has 0 amide bonds. The molecule has 1 aromatic carbocycles. The number of carbonyl (C=O) groups excluding carboxylic acids is 1. The highest BCUT2D eigenvalue weighted by molar-refractivity contribution is 5.86. The number of methoxy groups -OCH3 is 1. The van der Waals surface area contributed by atoms with Crippen molar-refractivity contribution < 1.29 is 9.53 Å². The molecule has 0 aromatic heterocycles. The number of ketones is 1. The van der Waals surface area contributed by atoms with E-state index in [0.29, 0.717) is 0 Å². The zero-order valence-electron chi connectivity index (χ0n) is 10.00. The molecule has 0 saturated heterocycles. The molecule has 1 atom stereocenters. The summed E-state index contributed by atoms with van der Waals surface area (Å²) in [4.78, 5) is 11.3. The summed E-state index contributed by atoms with van der Waals surface area (Å²) in [5.74, 6) is -0.0266. The summed E-state index contributed by atoms with van der Waals surface area (Å²) in [6.07, 6.45) is 0. The Labute approximate surface area is 95.7 Å². The van der Waals surface area contributed by atoms with E-state index < -0.39 is 5.92 Å². The minimum atomic E-state index is -0.676. The molecule has 0 saturated carbocycles. The van der Waals surface area contributed by atoms with Gasteiger partial charge >= 0.3 is 0 Å². The lowest BCUT2D eigenvalue weighted by Gasteiger charge is -2.13. The summed E-state index contributed by atoms with van der Waals surface area (Å²) >= 11 is 0. The van der Waals surface area contributed by atoms with Crippen molar-refractivity contribution in [1.29, 1.82) is 5.26 Å². The van der Waals surface area contributed by atoms with Crippen LogP contribution in [0.1, 0.15) is 29.5 Å². The van der Waals surface area contributed by atoms with Crippen LogP contribution >= 0.6 is 0 Å². The highest BCUT2D eigenvalue weighted by Gasteiger charge is 2.19. The molecule has 0 radical (unpaired) electrons. The molecule has 0 bridgehead atoms. The zero-order chi connectivity index (χ0) is 12.3. The Balaban J connectivity index is 3.31. The van der Waals surface area contributed by atoms with Crippen molar-refractivity contribution in [3.63, 3.8) is 0 Å². The molecule has 1 aromatic rings. The highest BCUT2D eigenvalue weighted by atomic mass is 16.5.